The van der Waals surface area contributed by atoms with Crippen LogP contribution < -0.4 is 15.4 Å². The second kappa shape index (κ2) is 8.27. The first-order valence-electron chi connectivity index (χ1n) is 9.12. The van der Waals surface area contributed by atoms with E-state index in [1.54, 1.807) is 18.2 Å². The van der Waals surface area contributed by atoms with Crippen molar-refractivity contribution >= 4 is 23.2 Å². The first-order valence-corrected chi connectivity index (χ1v) is 10.0. The Labute approximate surface area is 167 Å². The largest absolute Gasteiger partial charge is 0.488 e. The summed E-state index contributed by atoms with van der Waals surface area (Å²) in [6, 6.07) is 18.8. The second-order valence-corrected chi connectivity index (χ2v) is 7.57. The number of carbonyl (C=O) groups is 2. The Kier molecular flexibility index (Phi) is 5.39. The molecular formula is C22H20N2O3S. The lowest BCUT2D eigenvalue weighted by atomic mass is 10.1. The third-order valence-corrected chi connectivity index (χ3v) is 5.49. The Balaban J connectivity index is 1.25. The highest BCUT2D eigenvalue weighted by atomic mass is 32.1. The van der Waals surface area contributed by atoms with Crippen molar-refractivity contribution in [2.24, 2.45) is 0 Å². The summed E-state index contributed by atoms with van der Waals surface area (Å²) < 4.78 is 5.84. The molecule has 6 heteroatoms. The highest BCUT2D eigenvalue weighted by Crippen LogP contribution is 2.27. The molecule has 1 atom stereocenters. The molecule has 1 aromatic heterocycles. The Morgan fingerprint density at radius 3 is 2.54 bits per heavy atom. The molecule has 0 saturated heterocycles. The molecule has 0 spiro atoms. The summed E-state index contributed by atoms with van der Waals surface area (Å²) in [4.78, 5) is 25.0. The summed E-state index contributed by atoms with van der Waals surface area (Å²) >= 11 is 1.41. The molecule has 0 radical (unpaired) electrons. The van der Waals surface area contributed by atoms with Crippen molar-refractivity contribution in [1.29, 1.82) is 0 Å². The summed E-state index contributed by atoms with van der Waals surface area (Å²) in [5, 5.41) is 7.68. The van der Waals surface area contributed by atoms with E-state index in [-0.39, 0.29) is 17.9 Å². The van der Waals surface area contributed by atoms with Crippen LogP contribution in [0.5, 0.6) is 5.75 Å². The topological polar surface area (TPSA) is 67.4 Å². The zero-order valence-electron chi connectivity index (χ0n) is 15.2. The van der Waals surface area contributed by atoms with Crippen LogP contribution in [0.3, 0.4) is 0 Å². The van der Waals surface area contributed by atoms with Crippen LogP contribution in [0.25, 0.3) is 0 Å². The fourth-order valence-corrected chi connectivity index (χ4v) is 3.77. The van der Waals surface area contributed by atoms with Gasteiger partial charge in [-0.05, 0) is 40.8 Å². The number of ether oxygens (including phenoxy) is 1. The number of hydrogen-bond acceptors (Lipinski definition) is 4. The molecule has 1 aliphatic rings. The van der Waals surface area contributed by atoms with E-state index < -0.39 is 0 Å². The monoisotopic (exact) mass is 392 g/mol. The molecular weight excluding hydrogens is 372 g/mol. The predicted molar refractivity (Wildman–Crippen MR) is 109 cm³/mol. The van der Waals surface area contributed by atoms with Gasteiger partial charge in [0.15, 0.2) is 0 Å². The van der Waals surface area contributed by atoms with E-state index in [9.17, 15) is 9.59 Å². The molecule has 3 aromatic rings. The van der Waals surface area contributed by atoms with Crippen molar-refractivity contribution in [3.05, 3.63) is 87.6 Å². The summed E-state index contributed by atoms with van der Waals surface area (Å²) in [6.07, 6.45) is 0.771. The van der Waals surface area contributed by atoms with Crippen molar-refractivity contribution < 1.29 is 14.3 Å². The first-order chi connectivity index (χ1) is 13.7. The third-order valence-electron chi connectivity index (χ3n) is 4.62. The van der Waals surface area contributed by atoms with Gasteiger partial charge in [-0.2, -0.15) is 0 Å². The maximum atomic E-state index is 12.4. The van der Waals surface area contributed by atoms with Gasteiger partial charge in [0.2, 0.25) is 0 Å². The van der Waals surface area contributed by atoms with Gasteiger partial charge >= 0.3 is 0 Å². The average Bonchev–Trinajstić information content (AvgIpc) is 3.40. The number of rotatable bonds is 6. The van der Waals surface area contributed by atoms with E-state index in [4.69, 9.17) is 4.74 Å². The minimum atomic E-state index is -0.131. The van der Waals surface area contributed by atoms with Crippen LogP contribution in [-0.2, 0) is 13.0 Å². The number of nitrogens with one attached hydrogen (secondary N) is 2. The number of amides is 2. The number of carbonyl (C=O) groups excluding carboxylic acids is 2. The van der Waals surface area contributed by atoms with Crippen LogP contribution in [0.4, 0.5) is 0 Å². The normalized spacial score (nSPS) is 14.8. The summed E-state index contributed by atoms with van der Waals surface area (Å²) in [6.45, 7) is 0.888. The van der Waals surface area contributed by atoms with Crippen LogP contribution in [0, 0.1) is 0 Å². The van der Waals surface area contributed by atoms with E-state index in [1.807, 2.05) is 47.8 Å². The quantitative estimate of drug-likeness (QED) is 0.676. The average molecular weight is 392 g/mol. The lowest BCUT2D eigenvalue weighted by molar-refractivity contribution is 0.0930. The number of fused-ring (bicyclic) bond motifs is 1. The minimum absolute atomic E-state index is 0.0342. The van der Waals surface area contributed by atoms with Crippen molar-refractivity contribution in [3.8, 4) is 5.75 Å². The molecule has 0 unspecified atom stereocenters. The van der Waals surface area contributed by atoms with E-state index >= 15 is 0 Å². The zero-order valence-corrected chi connectivity index (χ0v) is 16.0. The first kappa shape index (κ1) is 18.3. The van der Waals surface area contributed by atoms with Crippen molar-refractivity contribution in [3.63, 3.8) is 0 Å². The van der Waals surface area contributed by atoms with Crippen LogP contribution in [0.15, 0.2) is 66.0 Å². The number of hydrogen-bond donors (Lipinski definition) is 2. The minimum Gasteiger partial charge on any atom is -0.488 e. The molecule has 0 fully saturated rings. The maximum absolute atomic E-state index is 12.4. The molecule has 1 aliphatic heterocycles. The Bertz CT molecular complexity index is 943. The van der Waals surface area contributed by atoms with Gasteiger partial charge in [0.1, 0.15) is 11.9 Å². The van der Waals surface area contributed by atoms with E-state index in [1.165, 1.54) is 16.9 Å². The van der Waals surface area contributed by atoms with Crippen molar-refractivity contribution in [1.82, 2.24) is 10.6 Å². The SMILES string of the molecule is O=C(NC[C@@H]1Cc2ccccc2O1)c1ccc(CNC(=O)c2cccs2)cc1. The van der Waals surface area contributed by atoms with Gasteiger partial charge < -0.3 is 15.4 Å². The van der Waals surface area contributed by atoms with E-state index in [0.717, 1.165) is 17.7 Å². The summed E-state index contributed by atoms with van der Waals surface area (Å²) in [5.74, 6) is 0.679. The fourth-order valence-electron chi connectivity index (χ4n) is 3.13. The standard InChI is InChI=1S/C22H20N2O3S/c25-21(24-14-18-12-17-4-1-2-5-19(17)27-18)16-9-7-15(8-10-16)13-23-22(26)20-6-3-11-28-20/h1-11,18H,12-14H2,(H,23,26)(H,24,25)/t18-/m0/s1. The molecule has 0 saturated carbocycles. The number of para-hydroxylation sites is 1. The molecule has 2 amide bonds. The molecule has 0 bridgehead atoms. The molecule has 0 aliphatic carbocycles. The number of benzene rings is 2. The highest BCUT2D eigenvalue weighted by Gasteiger charge is 2.22. The Hall–Kier alpha value is -3.12. The van der Waals surface area contributed by atoms with Gasteiger partial charge in [0.25, 0.3) is 11.8 Å². The number of thiophene rings is 1. The van der Waals surface area contributed by atoms with Crippen LogP contribution >= 0.6 is 11.3 Å². The Morgan fingerprint density at radius 1 is 0.964 bits per heavy atom. The van der Waals surface area contributed by atoms with Gasteiger partial charge in [0.05, 0.1) is 11.4 Å². The van der Waals surface area contributed by atoms with Gasteiger partial charge in [-0.3, -0.25) is 9.59 Å². The zero-order chi connectivity index (χ0) is 19.3. The van der Waals surface area contributed by atoms with Crippen LogP contribution in [0.1, 0.15) is 31.2 Å². The van der Waals surface area contributed by atoms with E-state index in [0.29, 0.717) is 23.5 Å². The highest BCUT2D eigenvalue weighted by molar-refractivity contribution is 7.12. The molecule has 4 rings (SSSR count). The summed E-state index contributed by atoms with van der Waals surface area (Å²) in [7, 11) is 0. The predicted octanol–water partition coefficient (Wildman–Crippen LogP) is 3.41. The van der Waals surface area contributed by atoms with Crippen molar-refractivity contribution in [2.75, 3.05) is 6.54 Å². The smallest absolute Gasteiger partial charge is 0.261 e. The molecule has 5 nitrogen and oxygen atoms in total. The molecule has 28 heavy (non-hydrogen) atoms. The van der Waals surface area contributed by atoms with Gasteiger partial charge in [-0.15, -0.1) is 11.3 Å². The lowest BCUT2D eigenvalue weighted by Gasteiger charge is -2.12. The van der Waals surface area contributed by atoms with Gasteiger partial charge in [-0.1, -0.05) is 36.4 Å². The van der Waals surface area contributed by atoms with Gasteiger partial charge in [0, 0.05) is 18.5 Å². The van der Waals surface area contributed by atoms with Crippen LogP contribution in [0.2, 0.25) is 0 Å². The molecule has 2 heterocycles. The lowest BCUT2D eigenvalue weighted by Crippen LogP contribution is -2.34. The fraction of sp³-hybridized carbons (Fsp3) is 0.182. The molecule has 2 aromatic carbocycles. The van der Waals surface area contributed by atoms with E-state index in [2.05, 4.69) is 10.6 Å². The maximum Gasteiger partial charge on any atom is 0.261 e. The second-order valence-electron chi connectivity index (χ2n) is 6.62. The van der Waals surface area contributed by atoms with Gasteiger partial charge in [-0.25, -0.2) is 0 Å². The Morgan fingerprint density at radius 2 is 1.79 bits per heavy atom. The van der Waals surface area contributed by atoms with Crippen LogP contribution in [-0.4, -0.2) is 24.5 Å². The van der Waals surface area contributed by atoms with Crippen molar-refractivity contribution in [2.45, 2.75) is 19.1 Å². The molecule has 142 valence electrons. The summed E-state index contributed by atoms with van der Waals surface area (Å²) in [5.41, 5.74) is 2.70. The third kappa shape index (κ3) is 4.23. The molecule has 2 N–H and O–H groups in total.